The lowest BCUT2D eigenvalue weighted by Gasteiger charge is -2.13. The van der Waals surface area contributed by atoms with Crippen LogP contribution >= 0.6 is 35.0 Å². The first-order valence-electron chi connectivity index (χ1n) is 11.2. The van der Waals surface area contributed by atoms with E-state index in [2.05, 4.69) is 5.32 Å². The molecule has 3 amide bonds. The number of rotatable bonds is 7. The van der Waals surface area contributed by atoms with Crippen molar-refractivity contribution in [3.8, 4) is 17.2 Å². The Morgan fingerprint density at radius 3 is 2.45 bits per heavy atom. The molecule has 11 heteroatoms. The van der Waals surface area contributed by atoms with Crippen LogP contribution in [0.4, 0.5) is 10.5 Å². The van der Waals surface area contributed by atoms with Gasteiger partial charge in [0.05, 0.1) is 41.3 Å². The second kappa shape index (κ2) is 11.4. The molecule has 0 saturated carbocycles. The number of carbonyl (C=O) groups excluding carboxylic acids is 3. The van der Waals surface area contributed by atoms with Gasteiger partial charge in [-0.15, -0.1) is 0 Å². The Labute approximate surface area is 233 Å². The molecule has 1 heterocycles. The second-order valence-corrected chi connectivity index (χ2v) is 10.1. The van der Waals surface area contributed by atoms with Gasteiger partial charge in [-0.3, -0.25) is 19.3 Å². The summed E-state index contributed by atoms with van der Waals surface area (Å²) in [6.45, 7) is 1.67. The molecule has 0 bridgehead atoms. The molecular weight excluding hydrogens is 551 g/mol. The summed E-state index contributed by atoms with van der Waals surface area (Å²) in [5.41, 5.74) is 1.97. The molecule has 1 saturated heterocycles. The van der Waals surface area contributed by atoms with Crippen molar-refractivity contribution in [1.29, 1.82) is 0 Å². The van der Waals surface area contributed by atoms with Gasteiger partial charge < -0.3 is 19.9 Å². The number of aromatic hydroxyl groups is 1. The van der Waals surface area contributed by atoms with E-state index in [0.29, 0.717) is 43.9 Å². The fraction of sp³-hybridized carbons (Fsp3) is 0.148. The quantitative estimate of drug-likeness (QED) is 0.311. The Bertz CT molecular complexity index is 1490. The number of ether oxygens (including phenoxy) is 2. The number of methoxy groups -OCH3 is 2. The average molecular weight is 573 g/mol. The van der Waals surface area contributed by atoms with E-state index in [1.807, 2.05) is 0 Å². The lowest BCUT2D eigenvalue weighted by molar-refractivity contribution is -0.123. The number of hydrogen-bond donors (Lipinski definition) is 2. The van der Waals surface area contributed by atoms with E-state index in [9.17, 15) is 19.5 Å². The number of phenolic OH excluding ortho intramolecular Hbond substituents is 1. The van der Waals surface area contributed by atoms with E-state index in [0.717, 1.165) is 16.7 Å². The van der Waals surface area contributed by atoms with Gasteiger partial charge in [0.25, 0.3) is 17.1 Å². The van der Waals surface area contributed by atoms with Crippen molar-refractivity contribution in [1.82, 2.24) is 4.90 Å². The number of aryl methyl sites for hydroxylation is 1. The Balaban J connectivity index is 1.57. The highest BCUT2D eigenvalue weighted by Crippen LogP contribution is 2.36. The molecule has 1 aliphatic heterocycles. The van der Waals surface area contributed by atoms with Crippen molar-refractivity contribution < 1.29 is 29.0 Å². The van der Waals surface area contributed by atoms with Crippen molar-refractivity contribution >= 4 is 63.8 Å². The van der Waals surface area contributed by atoms with Gasteiger partial charge in [0.15, 0.2) is 11.5 Å². The number of nitrogens with zero attached hydrogens (tertiary/aromatic N) is 1. The first kappa shape index (κ1) is 27.4. The summed E-state index contributed by atoms with van der Waals surface area (Å²) in [6, 6.07) is 12.8. The van der Waals surface area contributed by atoms with E-state index < -0.39 is 17.1 Å². The van der Waals surface area contributed by atoms with Crippen LogP contribution in [0.1, 0.15) is 27.0 Å². The van der Waals surface area contributed by atoms with E-state index in [1.54, 1.807) is 49.4 Å². The first-order valence-corrected chi connectivity index (χ1v) is 12.7. The van der Waals surface area contributed by atoms with Crippen molar-refractivity contribution in [2.75, 3.05) is 19.5 Å². The second-order valence-electron chi connectivity index (χ2n) is 8.27. The van der Waals surface area contributed by atoms with E-state index in [1.165, 1.54) is 26.4 Å². The summed E-state index contributed by atoms with van der Waals surface area (Å²) < 4.78 is 10.5. The monoisotopic (exact) mass is 572 g/mol. The van der Waals surface area contributed by atoms with E-state index >= 15 is 0 Å². The predicted molar refractivity (Wildman–Crippen MR) is 148 cm³/mol. The number of nitrogens with one attached hydrogen (secondary N) is 1. The molecule has 0 spiro atoms. The topological polar surface area (TPSA) is 105 Å². The number of thioether (sulfide) groups is 1. The molecular formula is C27H22Cl2N2O6S. The van der Waals surface area contributed by atoms with Crippen molar-refractivity contribution in [2.45, 2.75) is 13.5 Å². The molecule has 196 valence electrons. The fourth-order valence-corrected chi connectivity index (χ4v) is 4.94. The maximum Gasteiger partial charge on any atom is 0.293 e. The van der Waals surface area contributed by atoms with Crippen LogP contribution in [-0.2, 0) is 11.3 Å². The predicted octanol–water partition coefficient (Wildman–Crippen LogP) is 6.51. The molecule has 2 N–H and O–H groups in total. The summed E-state index contributed by atoms with van der Waals surface area (Å²) in [7, 11) is 2.98. The van der Waals surface area contributed by atoms with E-state index in [-0.39, 0.29) is 22.8 Å². The molecule has 0 aliphatic carbocycles. The van der Waals surface area contributed by atoms with Crippen LogP contribution in [0.5, 0.6) is 17.2 Å². The van der Waals surface area contributed by atoms with Crippen LogP contribution in [0.25, 0.3) is 6.08 Å². The zero-order valence-electron chi connectivity index (χ0n) is 20.5. The molecule has 0 unspecified atom stereocenters. The van der Waals surface area contributed by atoms with Crippen LogP contribution in [0.2, 0.25) is 10.0 Å². The Morgan fingerprint density at radius 2 is 1.76 bits per heavy atom. The van der Waals surface area contributed by atoms with Gasteiger partial charge >= 0.3 is 0 Å². The first-order chi connectivity index (χ1) is 18.1. The number of phenols is 1. The normalized spacial score (nSPS) is 14.2. The molecule has 1 aliphatic rings. The minimum absolute atomic E-state index is 0.000990. The maximum absolute atomic E-state index is 13.0. The molecule has 0 radical (unpaired) electrons. The van der Waals surface area contributed by atoms with Crippen LogP contribution in [0, 0.1) is 6.92 Å². The van der Waals surface area contributed by atoms with Crippen LogP contribution < -0.4 is 14.8 Å². The van der Waals surface area contributed by atoms with Gasteiger partial charge in [-0.25, -0.2) is 0 Å². The smallest absolute Gasteiger partial charge is 0.293 e. The molecule has 3 aromatic carbocycles. The van der Waals surface area contributed by atoms with Crippen molar-refractivity contribution in [3.05, 3.63) is 85.7 Å². The largest absolute Gasteiger partial charge is 0.507 e. The molecule has 4 rings (SSSR count). The molecule has 3 aromatic rings. The number of hydrogen-bond acceptors (Lipinski definition) is 7. The Morgan fingerprint density at radius 1 is 1.03 bits per heavy atom. The van der Waals surface area contributed by atoms with Gasteiger partial charge in [0, 0.05) is 11.8 Å². The van der Waals surface area contributed by atoms with Crippen LogP contribution in [0.3, 0.4) is 0 Å². The fourth-order valence-electron chi connectivity index (χ4n) is 3.78. The van der Waals surface area contributed by atoms with Gasteiger partial charge in [0.2, 0.25) is 0 Å². The summed E-state index contributed by atoms with van der Waals surface area (Å²) in [5, 5.41) is 13.6. The minimum Gasteiger partial charge on any atom is -0.507 e. The SMILES string of the molecule is COc1ccc(NC(=O)c2cc(/C=C3\SC(=O)N(Cc4ccc(Cl)c(Cl)c4)C3=O)cc(C)c2O)cc1OC. The zero-order chi connectivity index (χ0) is 27.6. The third-order valence-electron chi connectivity index (χ3n) is 5.70. The van der Waals surface area contributed by atoms with E-state index in [4.69, 9.17) is 32.7 Å². The number of carbonyl (C=O) groups is 3. The Hall–Kier alpha value is -3.66. The Kier molecular flexibility index (Phi) is 8.20. The minimum atomic E-state index is -0.569. The standard InChI is InChI=1S/C27H22Cl2N2O6S/c1-14-8-16(9-18(24(14)32)25(33)30-17-5-7-21(36-2)22(12-17)37-3)11-23-26(34)31(27(35)38-23)13-15-4-6-19(28)20(29)10-15/h4-12,32H,13H2,1-3H3,(H,30,33)/b23-11-. The molecule has 0 aromatic heterocycles. The molecule has 8 nitrogen and oxygen atoms in total. The number of halogens is 2. The summed E-state index contributed by atoms with van der Waals surface area (Å²) in [5.74, 6) is -0.322. The number of imide groups is 1. The summed E-state index contributed by atoms with van der Waals surface area (Å²) in [6.07, 6.45) is 1.51. The third kappa shape index (κ3) is 5.75. The average Bonchev–Trinajstić information content (AvgIpc) is 3.15. The lowest BCUT2D eigenvalue weighted by atomic mass is 10.0. The van der Waals surface area contributed by atoms with Crippen LogP contribution in [-0.4, -0.2) is 41.3 Å². The maximum atomic E-state index is 13.0. The third-order valence-corrected chi connectivity index (χ3v) is 7.35. The van der Waals surface area contributed by atoms with Gasteiger partial charge in [-0.05, 0) is 77.9 Å². The summed E-state index contributed by atoms with van der Waals surface area (Å²) in [4.78, 5) is 39.9. The van der Waals surface area contributed by atoms with Crippen LogP contribution in [0.15, 0.2) is 53.4 Å². The zero-order valence-corrected chi connectivity index (χ0v) is 22.8. The lowest BCUT2D eigenvalue weighted by Crippen LogP contribution is -2.27. The van der Waals surface area contributed by atoms with Crippen molar-refractivity contribution in [2.24, 2.45) is 0 Å². The molecule has 1 fully saturated rings. The molecule has 38 heavy (non-hydrogen) atoms. The molecule has 0 atom stereocenters. The highest BCUT2D eigenvalue weighted by molar-refractivity contribution is 8.18. The highest BCUT2D eigenvalue weighted by Gasteiger charge is 2.35. The number of anilines is 1. The van der Waals surface area contributed by atoms with Gasteiger partial charge in [0.1, 0.15) is 5.75 Å². The summed E-state index contributed by atoms with van der Waals surface area (Å²) >= 11 is 12.8. The highest BCUT2D eigenvalue weighted by atomic mass is 35.5. The van der Waals surface area contributed by atoms with Gasteiger partial charge in [-0.1, -0.05) is 29.3 Å². The number of amides is 3. The van der Waals surface area contributed by atoms with Crippen molar-refractivity contribution in [3.63, 3.8) is 0 Å². The van der Waals surface area contributed by atoms with Gasteiger partial charge in [-0.2, -0.15) is 0 Å². The number of benzene rings is 3.